The molecule has 2 aromatic carbocycles. The summed E-state index contributed by atoms with van der Waals surface area (Å²) in [5.41, 5.74) is 6.62. The fourth-order valence-electron chi connectivity index (χ4n) is 6.59. The van der Waals surface area contributed by atoms with Crippen LogP contribution >= 0.6 is 0 Å². The van der Waals surface area contributed by atoms with Crippen LogP contribution in [-0.2, 0) is 16.5 Å². The van der Waals surface area contributed by atoms with Crippen molar-refractivity contribution in [3.8, 4) is 0 Å². The van der Waals surface area contributed by atoms with Crippen LogP contribution in [-0.4, -0.2) is 0 Å². The quantitative estimate of drug-likeness (QED) is 0.609. The largest absolute Gasteiger partial charge is 0.294 e. The molecule has 1 saturated carbocycles. The molecule has 0 aromatic heterocycles. The standard InChI is InChI=1S/C26H33N/c1-4-5-6-11-16-26-18-19(26)17-24(2)20-12-7-8-13-21(20)25(3,27-24)22-14-9-10-15-23(22)26/h7-10,12-15,19,27H,4-6,11,16-18H2,1-3H3/t19-,24-,25-,26+/m1/s1. The van der Waals surface area contributed by atoms with E-state index in [1.54, 1.807) is 5.56 Å². The average Bonchev–Trinajstić information content (AvgIpc) is 3.30. The Morgan fingerprint density at radius 2 is 1.44 bits per heavy atom. The van der Waals surface area contributed by atoms with Gasteiger partial charge < -0.3 is 0 Å². The number of rotatable bonds is 5. The van der Waals surface area contributed by atoms with Gasteiger partial charge in [0.2, 0.25) is 0 Å². The van der Waals surface area contributed by atoms with E-state index in [4.69, 9.17) is 0 Å². The Labute approximate surface area is 164 Å². The Hall–Kier alpha value is -1.60. The Balaban J connectivity index is 1.63. The van der Waals surface area contributed by atoms with Gasteiger partial charge >= 0.3 is 0 Å². The summed E-state index contributed by atoms with van der Waals surface area (Å²) in [4.78, 5) is 0. The van der Waals surface area contributed by atoms with Gasteiger partial charge in [-0.3, -0.25) is 5.32 Å². The maximum Gasteiger partial charge on any atom is 0.0674 e. The van der Waals surface area contributed by atoms with Crippen molar-refractivity contribution in [2.75, 3.05) is 0 Å². The maximum atomic E-state index is 4.12. The monoisotopic (exact) mass is 359 g/mol. The van der Waals surface area contributed by atoms with Gasteiger partial charge in [-0.05, 0) is 66.7 Å². The van der Waals surface area contributed by atoms with E-state index < -0.39 is 0 Å². The van der Waals surface area contributed by atoms with E-state index in [9.17, 15) is 0 Å². The Morgan fingerprint density at radius 1 is 0.815 bits per heavy atom. The summed E-state index contributed by atoms with van der Waals surface area (Å²) in [5, 5.41) is 4.12. The molecular formula is C26H33N. The average molecular weight is 360 g/mol. The van der Waals surface area contributed by atoms with Crippen LogP contribution in [0.2, 0.25) is 0 Å². The molecule has 5 rings (SSSR count). The molecule has 2 heterocycles. The lowest BCUT2D eigenvalue weighted by molar-refractivity contribution is 0.261. The van der Waals surface area contributed by atoms with E-state index in [0.29, 0.717) is 5.41 Å². The zero-order valence-electron chi connectivity index (χ0n) is 17.1. The molecular weight excluding hydrogens is 326 g/mol. The molecule has 2 aromatic rings. The molecule has 1 nitrogen and oxygen atoms in total. The molecule has 1 aliphatic carbocycles. The topological polar surface area (TPSA) is 12.0 Å². The summed E-state index contributed by atoms with van der Waals surface area (Å²) >= 11 is 0. The molecule has 27 heavy (non-hydrogen) atoms. The van der Waals surface area contributed by atoms with Gasteiger partial charge in [0.05, 0.1) is 5.54 Å². The van der Waals surface area contributed by atoms with Crippen molar-refractivity contribution in [3.63, 3.8) is 0 Å². The van der Waals surface area contributed by atoms with Crippen molar-refractivity contribution in [1.82, 2.24) is 5.32 Å². The van der Waals surface area contributed by atoms with Crippen LogP contribution in [0.15, 0.2) is 48.5 Å². The Morgan fingerprint density at radius 3 is 2.15 bits per heavy atom. The minimum atomic E-state index is -0.0775. The van der Waals surface area contributed by atoms with Gasteiger partial charge in [0.1, 0.15) is 0 Å². The summed E-state index contributed by atoms with van der Waals surface area (Å²) in [7, 11) is 0. The molecule has 1 heteroatoms. The van der Waals surface area contributed by atoms with Crippen molar-refractivity contribution >= 4 is 0 Å². The SMILES string of the molecule is CCCCCC[C@]12C[C@H]1C[C@@]1(C)N[C@@](C)(c3ccccc32)c2ccccc21. The van der Waals surface area contributed by atoms with Crippen LogP contribution in [0.1, 0.15) is 88.0 Å². The molecule has 1 fully saturated rings. The molecule has 0 spiro atoms. The molecule has 2 bridgehead atoms. The second-order valence-corrected chi connectivity index (χ2v) is 9.75. The molecule has 0 saturated heterocycles. The van der Waals surface area contributed by atoms with Crippen molar-refractivity contribution in [3.05, 3.63) is 70.8 Å². The predicted molar refractivity (Wildman–Crippen MR) is 113 cm³/mol. The smallest absolute Gasteiger partial charge is 0.0674 e. The van der Waals surface area contributed by atoms with Gasteiger partial charge in [0.15, 0.2) is 0 Å². The Kier molecular flexibility index (Phi) is 3.85. The lowest BCUT2D eigenvalue weighted by Gasteiger charge is -2.39. The second kappa shape index (κ2) is 5.95. The van der Waals surface area contributed by atoms with Crippen LogP contribution in [0.25, 0.3) is 0 Å². The highest BCUT2D eigenvalue weighted by Crippen LogP contribution is 2.66. The first-order valence-electron chi connectivity index (χ1n) is 11.0. The molecule has 142 valence electrons. The van der Waals surface area contributed by atoms with E-state index in [0.717, 1.165) is 5.92 Å². The van der Waals surface area contributed by atoms with E-state index in [1.165, 1.54) is 61.6 Å². The lowest BCUT2D eigenvalue weighted by Crippen LogP contribution is -2.47. The minimum absolute atomic E-state index is 0.0775. The zero-order valence-corrected chi connectivity index (χ0v) is 17.1. The van der Waals surface area contributed by atoms with Crippen LogP contribution in [0.4, 0.5) is 0 Å². The van der Waals surface area contributed by atoms with Crippen LogP contribution < -0.4 is 5.32 Å². The first-order chi connectivity index (χ1) is 13.0. The van der Waals surface area contributed by atoms with E-state index >= 15 is 0 Å². The van der Waals surface area contributed by atoms with E-state index in [1.807, 2.05) is 0 Å². The fraction of sp³-hybridized carbons (Fsp3) is 0.538. The van der Waals surface area contributed by atoms with E-state index in [2.05, 4.69) is 74.6 Å². The summed E-state index contributed by atoms with van der Waals surface area (Å²) in [6.07, 6.45) is 9.49. The van der Waals surface area contributed by atoms with Gasteiger partial charge in [0.25, 0.3) is 0 Å². The first kappa shape index (κ1) is 17.5. The summed E-state index contributed by atoms with van der Waals surface area (Å²) < 4.78 is 0. The van der Waals surface area contributed by atoms with Gasteiger partial charge in [-0.2, -0.15) is 0 Å². The fourth-order valence-corrected chi connectivity index (χ4v) is 6.59. The second-order valence-electron chi connectivity index (χ2n) is 9.75. The summed E-state index contributed by atoms with van der Waals surface area (Å²) in [6, 6.07) is 18.5. The van der Waals surface area contributed by atoms with Crippen molar-refractivity contribution in [1.29, 1.82) is 0 Å². The number of hydrogen-bond acceptors (Lipinski definition) is 1. The third-order valence-electron chi connectivity index (χ3n) is 7.95. The molecule has 0 unspecified atom stereocenters. The Bertz CT molecular complexity index is 870. The third kappa shape index (κ3) is 2.40. The van der Waals surface area contributed by atoms with Crippen molar-refractivity contribution in [2.24, 2.45) is 5.92 Å². The van der Waals surface area contributed by atoms with Crippen LogP contribution in [0.3, 0.4) is 0 Å². The highest BCUT2D eigenvalue weighted by Gasteiger charge is 2.62. The number of unbranched alkanes of at least 4 members (excludes halogenated alkanes) is 3. The lowest BCUT2D eigenvalue weighted by atomic mass is 9.75. The normalized spacial score (nSPS) is 35.6. The van der Waals surface area contributed by atoms with Gasteiger partial charge in [-0.15, -0.1) is 0 Å². The predicted octanol–water partition coefficient (Wildman–Crippen LogP) is 6.40. The summed E-state index contributed by atoms with van der Waals surface area (Å²) in [5.74, 6) is 0.813. The number of hydrogen-bond donors (Lipinski definition) is 1. The molecule has 2 aliphatic heterocycles. The first-order valence-corrected chi connectivity index (χ1v) is 11.0. The van der Waals surface area contributed by atoms with Crippen LogP contribution in [0.5, 0.6) is 0 Å². The van der Waals surface area contributed by atoms with Crippen molar-refractivity contribution < 1.29 is 0 Å². The third-order valence-corrected chi connectivity index (χ3v) is 7.95. The summed E-state index contributed by atoms with van der Waals surface area (Å²) in [6.45, 7) is 7.18. The van der Waals surface area contributed by atoms with Gasteiger partial charge in [0, 0.05) is 5.54 Å². The molecule has 4 atom stereocenters. The number of nitrogens with one attached hydrogen (secondary N) is 1. The minimum Gasteiger partial charge on any atom is -0.294 e. The van der Waals surface area contributed by atoms with Gasteiger partial charge in [-0.25, -0.2) is 0 Å². The maximum absolute atomic E-state index is 4.12. The van der Waals surface area contributed by atoms with Gasteiger partial charge in [-0.1, -0.05) is 81.1 Å². The zero-order chi connectivity index (χ0) is 18.7. The highest BCUT2D eigenvalue weighted by molar-refractivity contribution is 5.56. The van der Waals surface area contributed by atoms with E-state index in [-0.39, 0.29) is 11.1 Å². The molecule has 0 amide bonds. The molecule has 0 radical (unpaired) electrons. The molecule has 1 N–H and O–H groups in total. The number of benzene rings is 2. The highest BCUT2D eigenvalue weighted by atomic mass is 15.1. The van der Waals surface area contributed by atoms with Crippen molar-refractivity contribution in [2.45, 2.75) is 82.2 Å². The number of fused-ring (bicyclic) bond motifs is 9. The molecule has 3 aliphatic rings. The van der Waals surface area contributed by atoms with Crippen LogP contribution in [0, 0.1) is 5.92 Å².